The van der Waals surface area contributed by atoms with E-state index in [1.807, 2.05) is 26.0 Å². The second-order valence-corrected chi connectivity index (χ2v) is 10.5. The molecule has 5 aromatic rings. The summed E-state index contributed by atoms with van der Waals surface area (Å²) in [5.74, 6) is -1.26. The topological polar surface area (TPSA) is 162 Å². The van der Waals surface area contributed by atoms with Gasteiger partial charge in [0.25, 0.3) is 5.91 Å². The molecule has 0 fully saturated rings. The van der Waals surface area contributed by atoms with E-state index in [2.05, 4.69) is 25.5 Å². The minimum atomic E-state index is -0.779. The van der Waals surface area contributed by atoms with Crippen molar-refractivity contribution in [2.24, 2.45) is 0 Å². The molecule has 0 spiro atoms. The maximum absolute atomic E-state index is 12.7. The van der Waals surface area contributed by atoms with E-state index in [-0.39, 0.29) is 12.3 Å². The number of ether oxygens (including phenoxy) is 2. The first kappa shape index (κ1) is 32.0. The molecule has 5 rings (SSSR count). The SMILES string of the molecule is CCN(CC)c1ccc2c(COC(=O)CNC(=O)c3ncc(-c4cn(CCOc5ccc(Cl)cc5)nn4)cc3O)cc(=O)oc2c1. The Morgan fingerprint density at radius 3 is 2.61 bits per heavy atom. The summed E-state index contributed by atoms with van der Waals surface area (Å²) in [4.78, 5) is 43.4. The minimum absolute atomic E-state index is 0.201. The highest BCUT2D eigenvalue weighted by molar-refractivity contribution is 6.30. The zero-order valence-electron chi connectivity index (χ0n) is 25.1. The van der Waals surface area contributed by atoms with Gasteiger partial charge in [-0.1, -0.05) is 16.8 Å². The van der Waals surface area contributed by atoms with Gasteiger partial charge in [-0.25, -0.2) is 14.5 Å². The number of carbonyl (C=O) groups is 2. The highest BCUT2D eigenvalue weighted by Gasteiger charge is 2.17. The molecule has 0 aliphatic rings. The van der Waals surface area contributed by atoms with Crippen molar-refractivity contribution >= 4 is 40.1 Å². The minimum Gasteiger partial charge on any atom is -0.505 e. The quantitative estimate of drug-likeness (QED) is 0.139. The number of anilines is 1. The smallest absolute Gasteiger partial charge is 0.336 e. The van der Waals surface area contributed by atoms with Crippen LogP contribution >= 0.6 is 11.6 Å². The third-order valence-corrected chi connectivity index (χ3v) is 7.30. The van der Waals surface area contributed by atoms with Crippen LogP contribution in [-0.4, -0.2) is 63.2 Å². The number of aromatic nitrogens is 4. The number of carbonyl (C=O) groups excluding carboxylic acids is 2. The van der Waals surface area contributed by atoms with Crippen LogP contribution in [0.1, 0.15) is 29.9 Å². The van der Waals surface area contributed by atoms with Gasteiger partial charge in [0.15, 0.2) is 5.69 Å². The van der Waals surface area contributed by atoms with Crippen LogP contribution in [0.15, 0.2) is 76.2 Å². The van der Waals surface area contributed by atoms with E-state index in [1.54, 1.807) is 41.2 Å². The largest absolute Gasteiger partial charge is 0.505 e. The first-order chi connectivity index (χ1) is 22.2. The second kappa shape index (κ2) is 14.6. The lowest BCUT2D eigenvalue weighted by molar-refractivity contribution is -0.143. The summed E-state index contributed by atoms with van der Waals surface area (Å²) in [6.07, 6.45) is 3.02. The average molecular weight is 647 g/mol. The van der Waals surface area contributed by atoms with Crippen LogP contribution in [0, 0.1) is 0 Å². The molecule has 0 saturated heterocycles. The van der Waals surface area contributed by atoms with E-state index in [9.17, 15) is 19.5 Å². The van der Waals surface area contributed by atoms with Gasteiger partial charge in [-0.2, -0.15) is 0 Å². The van der Waals surface area contributed by atoms with Crippen molar-refractivity contribution in [3.8, 4) is 22.8 Å². The van der Waals surface area contributed by atoms with Crippen molar-refractivity contribution in [1.29, 1.82) is 0 Å². The van der Waals surface area contributed by atoms with Gasteiger partial charge in [0.2, 0.25) is 0 Å². The number of esters is 1. The molecule has 3 aromatic heterocycles. The Bertz CT molecular complexity index is 1900. The summed E-state index contributed by atoms with van der Waals surface area (Å²) in [5, 5.41) is 22.3. The van der Waals surface area contributed by atoms with Crippen molar-refractivity contribution in [3.63, 3.8) is 0 Å². The molecule has 2 aromatic carbocycles. The molecule has 0 atom stereocenters. The molecule has 46 heavy (non-hydrogen) atoms. The fourth-order valence-corrected chi connectivity index (χ4v) is 4.79. The lowest BCUT2D eigenvalue weighted by Gasteiger charge is -2.21. The summed E-state index contributed by atoms with van der Waals surface area (Å²) >= 11 is 5.88. The molecular weight excluding hydrogens is 616 g/mol. The fourth-order valence-electron chi connectivity index (χ4n) is 4.66. The normalized spacial score (nSPS) is 10.9. The Balaban J connectivity index is 1.13. The third-order valence-electron chi connectivity index (χ3n) is 7.04. The number of amides is 1. The van der Waals surface area contributed by atoms with Gasteiger partial charge in [-0.15, -0.1) is 5.10 Å². The van der Waals surface area contributed by atoms with Crippen molar-refractivity contribution in [3.05, 3.63) is 93.7 Å². The van der Waals surface area contributed by atoms with E-state index in [4.69, 9.17) is 25.5 Å². The van der Waals surface area contributed by atoms with Gasteiger partial charge in [0, 0.05) is 58.6 Å². The van der Waals surface area contributed by atoms with E-state index in [0.717, 1.165) is 18.8 Å². The highest BCUT2D eigenvalue weighted by Crippen LogP contribution is 2.25. The Hall–Kier alpha value is -5.43. The molecule has 0 radical (unpaired) electrons. The molecule has 3 heterocycles. The summed E-state index contributed by atoms with van der Waals surface area (Å²) in [6, 6.07) is 15.1. The number of hydrogen-bond donors (Lipinski definition) is 2. The van der Waals surface area contributed by atoms with Gasteiger partial charge in [-0.05, 0) is 56.3 Å². The highest BCUT2D eigenvalue weighted by atomic mass is 35.5. The zero-order valence-corrected chi connectivity index (χ0v) is 25.9. The van der Waals surface area contributed by atoms with Crippen LogP contribution in [0.5, 0.6) is 11.5 Å². The fraction of sp³-hybridized carbons (Fsp3) is 0.250. The lowest BCUT2D eigenvalue weighted by atomic mass is 10.1. The average Bonchev–Trinajstić information content (AvgIpc) is 3.52. The molecule has 2 N–H and O–H groups in total. The monoisotopic (exact) mass is 646 g/mol. The Kier molecular flexibility index (Phi) is 10.1. The van der Waals surface area contributed by atoms with Gasteiger partial charge in [0.05, 0.1) is 12.7 Å². The van der Waals surface area contributed by atoms with Crippen molar-refractivity contribution < 1.29 is 28.6 Å². The van der Waals surface area contributed by atoms with E-state index in [1.165, 1.54) is 18.3 Å². The summed E-state index contributed by atoms with van der Waals surface area (Å²) in [7, 11) is 0. The van der Waals surface area contributed by atoms with E-state index < -0.39 is 29.8 Å². The van der Waals surface area contributed by atoms with Crippen molar-refractivity contribution in [2.75, 3.05) is 31.1 Å². The summed E-state index contributed by atoms with van der Waals surface area (Å²) < 4.78 is 17.9. The molecular formula is C32H31ClN6O7. The van der Waals surface area contributed by atoms with Crippen LogP contribution in [0.2, 0.25) is 5.02 Å². The van der Waals surface area contributed by atoms with E-state index >= 15 is 0 Å². The van der Waals surface area contributed by atoms with Crippen LogP contribution in [0.4, 0.5) is 5.69 Å². The van der Waals surface area contributed by atoms with Crippen LogP contribution in [-0.2, 0) is 22.7 Å². The molecule has 0 aliphatic heterocycles. The predicted octanol–water partition coefficient (Wildman–Crippen LogP) is 4.20. The van der Waals surface area contributed by atoms with Gasteiger partial charge >= 0.3 is 11.6 Å². The van der Waals surface area contributed by atoms with Gasteiger partial charge in [0.1, 0.15) is 42.5 Å². The van der Waals surface area contributed by atoms with Gasteiger partial charge < -0.3 is 29.2 Å². The zero-order chi connectivity index (χ0) is 32.6. The standard InChI is InChI=1S/C32H31ClN6O7/c1-3-38(4-2)23-7-10-25-21(14-29(41)46-28(25)15-23)19-45-30(42)17-35-32(43)31-27(40)13-20(16-34-31)26-18-39(37-36-26)11-12-44-24-8-5-22(33)6-9-24/h5-10,13-16,18,40H,3-4,11-12,17,19H2,1-2H3,(H,35,43). The maximum Gasteiger partial charge on any atom is 0.336 e. The molecule has 0 aliphatic carbocycles. The molecule has 13 nitrogen and oxygen atoms in total. The molecule has 238 valence electrons. The number of halogens is 1. The van der Waals surface area contributed by atoms with E-state index in [0.29, 0.717) is 51.7 Å². The molecule has 0 unspecified atom stereocenters. The number of aromatic hydroxyl groups is 1. The van der Waals surface area contributed by atoms with Crippen molar-refractivity contribution in [2.45, 2.75) is 27.0 Å². The number of rotatable bonds is 13. The third kappa shape index (κ3) is 7.80. The number of hydrogen-bond acceptors (Lipinski definition) is 11. The van der Waals surface area contributed by atoms with Gasteiger partial charge in [-0.3, -0.25) is 9.59 Å². The Morgan fingerprint density at radius 1 is 1.09 bits per heavy atom. The first-order valence-corrected chi connectivity index (χ1v) is 14.8. The number of benzene rings is 2. The maximum atomic E-state index is 12.7. The van der Waals surface area contributed by atoms with Crippen molar-refractivity contribution in [1.82, 2.24) is 25.3 Å². The molecule has 14 heteroatoms. The molecule has 0 bridgehead atoms. The first-order valence-electron chi connectivity index (χ1n) is 14.5. The summed E-state index contributed by atoms with van der Waals surface area (Å²) in [5.41, 5.74) is 1.77. The Morgan fingerprint density at radius 2 is 1.87 bits per heavy atom. The molecule has 0 saturated carbocycles. The second-order valence-electron chi connectivity index (χ2n) is 10.0. The predicted molar refractivity (Wildman–Crippen MR) is 170 cm³/mol. The number of pyridine rings is 1. The van der Waals surface area contributed by atoms with Crippen LogP contribution < -0.4 is 20.6 Å². The number of fused-ring (bicyclic) bond motifs is 1. The van der Waals surface area contributed by atoms with Crippen LogP contribution in [0.3, 0.4) is 0 Å². The number of nitrogens with zero attached hydrogens (tertiary/aromatic N) is 5. The summed E-state index contributed by atoms with van der Waals surface area (Å²) in [6.45, 7) is 5.71. The Labute approximate surface area is 268 Å². The number of nitrogens with one attached hydrogen (secondary N) is 1. The molecule has 1 amide bonds. The lowest BCUT2D eigenvalue weighted by Crippen LogP contribution is -2.31. The van der Waals surface area contributed by atoms with Crippen LogP contribution in [0.25, 0.3) is 22.2 Å².